The van der Waals surface area contributed by atoms with Crippen LogP contribution in [0.5, 0.6) is 0 Å². The van der Waals surface area contributed by atoms with E-state index in [0.29, 0.717) is 0 Å². The van der Waals surface area contributed by atoms with Gasteiger partial charge in [0.15, 0.2) is 0 Å². The van der Waals surface area contributed by atoms with Gasteiger partial charge in [0.05, 0.1) is 0 Å². The highest BCUT2D eigenvalue weighted by atomic mass is 35.5. The summed E-state index contributed by atoms with van der Waals surface area (Å²) in [6.07, 6.45) is 0.468. The summed E-state index contributed by atoms with van der Waals surface area (Å²) in [5.74, 6) is -0.419. The van der Waals surface area contributed by atoms with Crippen molar-refractivity contribution in [1.82, 2.24) is 14.3 Å². The van der Waals surface area contributed by atoms with Crippen molar-refractivity contribution in [3.63, 3.8) is 0 Å². The Morgan fingerprint density at radius 3 is 1.67 bits per heavy atom. The summed E-state index contributed by atoms with van der Waals surface area (Å²) in [7, 11) is 3.62. The van der Waals surface area contributed by atoms with Crippen LogP contribution in [0.3, 0.4) is 0 Å². The molecule has 0 spiro atoms. The van der Waals surface area contributed by atoms with Crippen LogP contribution in [0.2, 0.25) is 0 Å². The maximum atomic E-state index is 11.0. The highest BCUT2D eigenvalue weighted by molar-refractivity contribution is 7.78. The van der Waals surface area contributed by atoms with Crippen LogP contribution in [-0.2, 0) is 9.59 Å². The third kappa shape index (κ3) is 7.78. The molecular weight excluding hydrogens is 258 g/mol. The average Bonchev–Trinajstić information content (AvgIpc) is 2.16. The fourth-order valence-corrected chi connectivity index (χ4v) is 1.14. The highest BCUT2D eigenvalue weighted by Gasteiger charge is 2.18. The summed E-state index contributed by atoms with van der Waals surface area (Å²) in [4.78, 5) is 23.9. The average molecular weight is 274 g/mol. The minimum absolute atomic E-state index is 0. The van der Waals surface area contributed by atoms with E-state index >= 15 is 0 Å². The van der Waals surface area contributed by atoms with E-state index in [-0.39, 0.29) is 43.1 Å². The van der Waals surface area contributed by atoms with Gasteiger partial charge in [-0.05, 0) is 14.1 Å². The van der Waals surface area contributed by atoms with Crippen LogP contribution in [0.1, 0.15) is 12.8 Å². The van der Waals surface area contributed by atoms with Gasteiger partial charge in [0.2, 0.25) is 11.8 Å². The number of nitrogens with zero attached hydrogens (tertiary/aromatic N) is 1. The third-order valence-corrected chi connectivity index (χ3v) is 2.32. The van der Waals surface area contributed by atoms with Crippen LogP contribution in [0, 0.1) is 0 Å². The number of hydrogen-bond acceptors (Lipinski definition) is 5. The molecule has 0 aromatic heterocycles. The normalized spacial score (nSPS) is 9.73. The van der Waals surface area contributed by atoms with Crippen molar-refractivity contribution in [2.45, 2.75) is 18.9 Å². The summed E-state index contributed by atoms with van der Waals surface area (Å²) in [5, 5.41) is 0. The number of rotatable bonds is 5. The molecule has 0 rings (SSSR count). The molecule has 5 nitrogen and oxygen atoms in total. The molecule has 2 N–H and O–H groups in total. The molecule has 0 fully saturated rings. The quantitative estimate of drug-likeness (QED) is 0.535. The Balaban J connectivity index is 0. The zero-order valence-corrected chi connectivity index (χ0v) is 11.2. The van der Waals surface area contributed by atoms with E-state index in [1.54, 1.807) is 0 Å². The molecule has 0 radical (unpaired) electrons. The molecular formula is C7H16ClN3O2S2. The first-order chi connectivity index (χ1) is 6.51. The van der Waals surface area contributed by atoms with Crippen molar-refractivity contribution >= 4 is 49.9 Å². The molecule has 90 valence electrons. The smallest absolute Gasteiger partial charge is 0.231 e. The second kappa shape index (κ2) is 9.14. The van der Waals surface area contributed by atoms with Gasteiger partial charge in [-0.1, -0.05) is 25.6 Å². The monoisotopic (exact) mass is 273 g/mol. The Bertz CT molecular complexity index is 198. The van der Waals surface area contributed by atoms with Gasteiger partial charge in [-0.25, -0.2) is 0 Å². The lowest BCUT2D eigenvalue weighted by Crippen LogP contribution is -2.36. The van der Waals surface area contributed by atoms with E-state index in [1.807, 2.05) is 19.0 Å². The van der Waals surface area contributed by atoms with Crippen LogP contribution in [0.25, 0.3) is 0 Å². The molecule has 0 aliphatic heterocycles. The molecule has 2 amide bonds. The Kier molecular flexibility index (Phi) is 10.5. The van der Waals surface area contributed by atoms with Gasteiger partial charge in [0.25, 0.3) is 0 Å². The first kappa shape index (κ1) is 17.3. The third-order valence-electron chi connectivity index (χ3n) is 1.82. The lowest BCUT2D eigenvalue weighted by Gasteiger charge is -2.22. The molecule has 0 atom stereocenters. The molecule has 0 aliphatic rings. The predicted molar refractivity (Wildman–Crippen MR) is 68.2 cm³/mol. The van der Waals surface area contributed by atoms with Crippen molar-refractivity contribution in [3.8, 4) is 0 Å². The van der Waals surface area contributed by atoms with Crippen LogP contribution in [0.15, 0.2) is 0 Å². The molecule has 0 saturated heterocycles. The Labute approximate surface area is 107 Å². The molecule has 0 aromatic carbocycles. The van der Waals surface area contributed by atoms with Gasteiger partial charge in [-0.2, -0.15) is 0 Å². The molecule has 0 bridgehead atoms. The SMILES string of the molecule is CN(C)C(CC(=O)NS)CC(=O)NS.Cl. The maximum Gasteiger partial charge on any atom is 0.231 e. The zero-order chi connectivity index (χ0) is 11.1. The second-order valence-electron chi connectivity index (χ2n) is 3.10. The first-order valence-electron chi connectivity index (χ1n) is 4.03. The number of amides is 2. The van der Waals surface area contributed by atoms with Crippen molar-refractivity contribution < 1.29 is 9.59 Å². The second-order valence-corrected chi connectivity index (χ2v) is 3.54. The number of nitrogens with one attached hydrogen (secondary N) is 2. The number of carbonyl (C=O) groups excluding carboxylic acids is 2. The predicted octanol–water partition coefficient (Wildman–Crippen LogP) is 0.0406. The standard InChI is InChI=1S/C7H15N3O2S2.ClH/c1-10(2)5(3-6(11)8-13)4-7(12)9-14;/h5,13-14H,3-4H2,1-2H3,(H,8,11)(H,9,12);1H. The molecule has 0 unspecified atom stereocenters. The van der Waals surface area contributed by atoms with E-state index in [1.165, 1.54) is 0 Å². The molecule has 0 saturated carbocycles. The van der Waals surface area contributed by atoms with Crippen LogP contribution in [-0.4, -0.2) is 36.9 Å². The minimum Gasteiger partial charge on any atom is -0.305 e. The molecule has 0 aliphatic carbocycles. The van der Waals surface area contributed by atoms with Gasteiger partial charge in [0.1, 0.15) is 0 Å². The summed E-state index contributed by atoms with van der Waals surface area (Å²) in [6, 6.07) is -0.144. The van der Waals surface area contributed by atoms with E-state index in [9.17, 15) is 9.59 Å². The number of halogens is 1. The Morgan fingerprint density at radius 1 is 1.13 bits per heavy atom. The fraction of sp³-hybridized carbons (Fsp3) is 0.714. The van der Waals surface area contributed by atoms with Crippen LogP contribution >= 0.6 is 38.0 Å². The fourth-order valence-electron chi connectivity index (χ4n) is 0.957. The lowest BCUT2D eigenvalue weighted by molar-refractivity contribution is -0.122. The Morgan fingerprint density at radius 2 is 1.47 bits per heavy atom. The topological polar surface area (TPSA) is 61.4 Å². The van der Waals surface area contributed by atoms with Crippen molar-refractivity contribution in [1.29, 1.82) is 0 Å². The van der Waals surface area contributed by atoms with Gasteiger partial charge >= 0.3 is 0 Å². The Hall–Kier alpha value is -0.110. The van der Waals surface area contributed by atoms with E-state index < -0.39 is 0 Å². The largest absolute Gasteiger partial charge is 0.305 e. The molecule has 8 heteroatoms. The number of carbonyl (C=O) groups is 2. The minimum atomic E-state index is -0.209. The lowest BCUT2D eigenvalue weighted by atomic mass is 10.1. The molecule has 0 aromatic rings. The van der Waals surface area contributed by atoms with Gasteiger partial charge in [0, 0.05) is 18.9 Å². The number of thiol groups is 2. The van der Waals surface area contributed by atoms with Crippen molar-refractivity contribution in [3.05, 3.63) is 0 Å². The van der Waals surface area contributed by atoms with Gasteiger partial charge < -0.3 is 14.3 Å². The summed E-state index contributed by atoms with van der Waals surface area (Å²) >= 11 is 7.28. The zero-order valence-electron chi connectivity index (χ0n) is 8.56. The van der Waals surface area contributed by atoms with Crippen LogP contribution < -0.4 is 9.44 Å². The maximum absolute atomic E-state index is 11.0. The van der Waals surface area contributed by atoms with Gasteiger partial charge in [-0.3, -0.25) is 9.59 Å². The van der Waals surface area contributed by atoms with Crippen LogP contribution in [0.4, 0.5) is 0 Å². The van der Waals surface area contributed by atoms with Crippen molar-refractivity contribution in [2.75, 3.05) is 14.1 Å². The molecule has 15 heavy (non-hydrogen) atoms. The van der Waals surface area contributed by atoms with Gasteiger partial charge in [-0.15, -0.1) is 12.4 Å². The summed E-state index contributed by atoms with van der Waals surface area (Å²) in [6.45, 7) is 0. The van der Waals surface area contributed by atoms with E-state index in [4.69, 9.17) is 0 Å². The number of hydrogen-bond donors (Lipinski definition) is 4. The van der Waals surface area contributed by atoms with E-state index in [2.05, 4.69) is 35.1 Å². The summed E-state index contributed by atoms with van der Waals surface area (Å²) in [5.41, 5.74) is 0. The molecule has 0 heterocycles. The van der Waals surface area contributed by atoms with Crippen molar-refractivity contribution in [2.24, 2.45) is 0 Å². The highest BCUT2D eigenvalue weighted by Crippen LogP contribution is 2.05. The summed E-state index contributed by atoms with van der Waals surface area (Å²) < 4.78 is 4.44. The first-order valence-corrected chi connectivity index (χ1v) is 4.93. The van der Waals surface area contributed by atoms with E-state index in [0.717, 1.165) is 0 Å².